The van der Waals surface area contributed by atoms with Crippen molar-refractivity contribution in [3.63, 3.8) is 0 Å². The fourth-order valence-corrected chi connectivity index (χ4v) is 2.76. The van der Waals surface area contributed by atoms with E-state index in [9.17, 15) is 0 Å². The van der Waals surface area contributed by atoms with Crippen LogP contribution in [0.25, 0.3) is 0 Å². The molecule has 2 rings (SSSR count). The Bertz CT molecular complexity index is 550. The molecule has 19 heavy (non-hydrogen) atoms. The van der Waals surface area contributed by atoms with Crippen molar-refractivity contribution in [2.75, 3.05) is 0 Å². The van der Waals surface area contributed by atoms with Crippen molar-refractivity contribution in [1.29, 1.82) is 0 Å². The van der Waals surface area contributed by atoms with Crippen LogP contribution in [0.1, 0.15) is 26.0 Å². The van der Waals surface area contributed by atoms with Gasteiger partial charge < -0.3 is 4.74 Å². The monoisotopic (exact) mass is 382 g/mol. The third-order valence-corrected chi connectivity index (χ3v) is 3.90. The number of alkyl halides is 2. The molecule has 0 N–H and O–H groups in total. The summed E-state index contributed by atoms with van der Waals surface area (Å²) in [5, 5.41) is 0. The van der Waals surface area contributed by atoms with Crippen LogP contribution < -0.4 is 4.74 Å². The topological polar surface area (TPSA) is 9.23 Å². The molecule has 0 unspecified atom stereocenters. The number of benzene rings is 2. The summed E-state index contributed by atoms with van der Waals surface area (Å²) in [6, 6.07) is 14.5. The SMILES string of the molecule is Cc1cc(C)c(OCc2ccccc2)c(C(Br)Br)c1. The van der Waals surface area contributed by atoms with E-state index in [0.29, 0.717) is 6.61 Å². The molecule has 0 radical (unpaired) electrons. The van der Waals surface area contributed by atoms with E-state index < -0.39 is 0 Å². The summed E-state index contributed by atoms with van der Waals surface area (Å²) in [6.45, 7) is 4.77. The van der Waals surface area contributed by atoms with Crippen LogP contribution in [0, 0.1) is 13.8 Å². The van der Waals surface area contributed by atoms with Crippen LogP contribution >= 0.6 is 31.9 Å². The number of halogens is 2. The largest absolute Gasteiger partial charge is 0.488 e. The van der Waals surface area contributed by atoms with E-state index in [1.807, 2.05) is 18.2 Å². The molecule has 3 heteroatoms. The van der Waals surface area contributed by atoms with E-state index in [1.165, 1.54) is 11.1 Å². The Hall–Kier alpha value is -0.800. The molecule has 0 aromatic heterocycles. The van der Waals surface area contributed by atoms with E-state index in [4.69, 9.17) is 4.74 Å². The van der Waals surface area contributed by atoms with Crippen molar-refractivity contribution >= 4 is 31.9 Å². The van der Waals surface area contributed by atoms with Gasteiger partial charge in [-0.3, -0.25) is 0 Å². The van der Waals surface area contributed by atoms with Crippen molar-refractivity contribution in [3.05, 3.63) is 64.7 Å². The number of aryl methyl sites for hydroxylation is 2. The molecule has 0 aliphatic rings. The van der Waals surface area contributed by atoms with E-state index in [2.05, 4.69) is 70.0 Å². The second-order valence-corrected chi connectivity index (χ2v) is 7.64. The lowest BCUT2D eigenvalue weighted by molar-refractivity contribution is 0.301. The lowest BCUT2D eigenvalue weighted by Crippen LogP contribution is -2.01. The molecule has 0 amide bonds. The van der Waals surface area contributed by atoms with Gasteiger partial charge in [-0.05, 0) is 25.0 Å². The van der Waals surface area contributed by atoms with Crippen LogP contribution in [0.15, 0.2) is 42.5 Å². The van der Waals surface area contributed by atoms with Crippen LogP contribution in [0.3, 0.4) is 0 Å². The zero-order chi connectivity index (χ0) is 13.8. The van der Waals surface area contributed by atoms with Crippen LogP contribution in [-0.2, 0) is 6.61 Å². The predicted molar refractivity (Wildman–Crippen MR) is 87.3 cm³/mol. The predicted octanol–water partition coefficient (Wildman–Crippen LogP) is 5.67. The summed E-state index contributed by atoms with van der Waals surface area (Å²) in [5.41, 5.74) is 4.71. The first-order valence-corrected chi connectivity index (χ1v) is 7.97. The summed E-state index contributed by atoms with van der Waals surface area (Å²) in [5.74, 6) is 0.952. The maximum absolute atomic E-state index is 6.01. The summed E-state index contributed by atoms with van der Waals surface area (Å²) in [4.78, 5) is 0. The Morgan fingerprint density at radius 2 is 1.74 bits per heavy atom. The first kappa shape index (κ1) is 14.6. The molecular weight excluding hydrogens is 368 g/mol. The normalized spacial score (nSPS) is 10.8. The maximum atomic E-state index is 6.01. The highest BCUT2D eigenvalue weighted by molar-refractivity contribution is 9.24. The van der Waals surface area contributed by atoms with Gasteiger partial charge >= 0.3 is 0 Å². The smallest absolute Gasteiger partial charge is 0.127 e. The average Bonchev–Trinajstić information content (AvgIpc) is 2.38. The third-order valence-electron chi connectivity index (χ3n) is 2.91. The van der Waals surface area contributed by atoms with Crippen LogP contribution in [0.5, 0.6) is 5.75 Å². The molecular formula is C16H16Br2O. The van der Waals surface area contributed by atoms with Gasteiger partial charge in [0.25, 0.3) is 0 Å². The maximum Gasteiger partial charge on any atom is 0.127 e. The van der Waals surface area contributed by atoms with Crippen molar-refractivity contribution in [3.8, 4) is 5.75 Å². The minimum Gasteiger partial charge on any atom is -0.488 e. The van der Waals surface area contributed by atoms with Gasteiger partial charge in [0.2, 0.25) is 0 Å². The number of ether oxygens (including phenoxy) is 1. The van der Waals surface area contributed by atoms with Gasteiger partial charge in [-0.1, -0.05) is 79.9 Å². The quantitative estimate of drug-likeness (QED) is 0.618. The van der Waals surface area contributed by atoms with Gasteiger partial charge in [0, 0.05) is 5.56 Å². The highest BCUT2D eigenvalue weighted by Crippen LogP contribution is 2.38. The highest BCUT2D eigenvalue weighted by atomic mass is 79.9. The lowest BCUT2D eigenvalue weighted by atomic mass is 10.1. The molecule has 0 saturated heterocycles. The van der Waals surface area contributed by atoms with Gasteiger partial charge in [0.05, 0.1) is 3.74 Å². The Kier molecular flexibility index (Phi) is 5.06. The summed E-state index contributed by atoms with van der Waals surface area (Å²) in [6.07, 6.45) is 0. The fraction of sp³-hybridized carbons (Fsp3) is 0.250. The molecule has 1 nitrogen and oxygen atoms in total. The Morgan fingerprint density at radius 1 is 1.05 bits per heavy atom. The number of hydrogen-bond acceptors (Lipinski definition) is 1. The molecule has 100 valence electrons. The summed E-state index contributed by atoms with van der Waals surface area (Å²) >= 11 is 7.13. The minimum atomic E-state index is 0.101. The Morgan fingerprint density at radius 3 is 2.37 bits per heavy atom. The van der Waals surface area contributed by atoms with E-state index in [-0.39, 0.29) is 3.74 Å². The van der Waals surface area contributed by atoms with Crippen molar-refractivity contribution < 1.29 is 4.74 Å². The lowest BCUT2D eigenvalue weighted by Gasteiger charge is -2.16. The molecule has 2 aromatic rings. The molecule has 0 fully saturated rings. The van der Waals surface area contributed by atoms with Gasteiger partial charge in [-0.25, -0.2) is 0 Å². The first-order chi connectivity index (χ1) is 9.08. The van der Waals surface area contributed by atoms with Crippen LogP contribution in [0.2, 0.25) is 0 Å². The van der Waals surface area contributed by atoms with Crippen molar-refractivity contribution in [2.45, 2.75) is 24.2 Å². The third kappa shape index (κ3) is 3.83. The number of hydrogen-bond donors (Lipinski definition) is 0. The molecule has 0 atom stereocenters. The fourth-order valence-electron chi connectivity index (χ4n) is 2.08. The Labute approximate surface area is 131 Å². The van der Waals surface area contributed by atoms with Crippen molar-refractivity contribution in [2.24, 2.45) is 0 Å². The second kappa shape index (κ2) is 6.58. The highest BCUT2D eigenvalue weighted by Gasteiger charge is 2.14. The molecule has 0 bridgehead atoms. The summed E-state index contributed by atoms with van der Waals surface area (Å²) < 4.78 is 6.11. The standard InChI is InChI=1S/C16H16Br2O/c1-11-8-12(2)15(14(9-11)16(17)18)19-10-13-6-4-3-5-7-13/h3-9,16H,10H2,1-2H3. The van der Waals surface area contributed by atoms with Crippen LogP contribution in [0.4, 0.5) is 0 Å². The van der Waals surface area contributed by atoms with Crippen molar-refractivity contribution in [1.82, 2.24) is 0 Å². The van der Waals surface area contributed by atoms with Crippen LogP contribution in [-0.4, -0.2) is 0 Å². The summed E-state index contributed by atoms with van der Waals surface area (Å²) in [7, 11) is 0. The second-order valence-electron chi connectivity index (χ2n) is 4.58. The molecule has 0 aliphatic heterocycles. The van der Waals surface area contributed by atoms with Gasteiger partial charge in [0.1, 0.15) is 12.4 Å². The van der Waals surface area contributed by atoms with E-state index >= 15 is 0 Å². The molecule has 0 heterocycles. The van der Waals surface area contributed by atoms with Gasteiger partial charge in [-0.2, -0.15) is 0 Å². The van der Waals surface area contributed by atoms with Gasteiger partial charge in [0.15, 0.2) is 0 Å². The zero-order valence-corrected chi connectivity index (χ0v) is 14.2. The van der Waals surface area contributed by atoms with E-state index in [0.717, 1.165) is 16.9 Å². The molecule has 2 aromatic carbocycles. The molecule has 0 saturated carbocycles. The number of rotatable bonds is 4. The molecule has 0 aliphatic carbocycles. The minimum absolute atomic E-state index is 0.101. The zero-order valence-electron chi connectivity index (χ0n) is 11.0. The first-order valence-electron chi connectivity index (χ1n) is 6.14. The van der Waals surface area contributed by atoms with Gasteiger partial charge in [-0.15, -0.1) is 0 Å². The molecule has 0 spiro atoms. The Balaban J connectivity index is 2.24. The average molecular weight is 384 g/mol. The van der Waals surface area contributed by atoms with E-state index in [1.54, 1.807) is 0 Å².